The van der Waals surface area contributed by atoms with Crippen LogP contribution in [0, 0.1) is 5.92 Å². The smallest absolute Gasteiger partial charge is 0.305 e. The molecule has 0 unspecified atom stereocenters. The summed E-state index contributed by atoms with van der Waals surface area (Å²) in [5.41, 5.74) is 0. The lowest BCUT2D eigenvalue weighted by Gasteiger charge is -2.12. The van der Waals surface area contributed by atoms with Crippen LogP contribution in [0.1, 0.15) is 52.4 Å². The zero-order valence-electron chi connectivity index (χ0n) is 13.9. The Bertz CT molecular complexity index is 284. The van der Waals surface area contributed by atoms with Crippen LogP contribution >= 0.6 is 24.0 Å². The van der Waals surface area contributed by atoms with Gasteiger partial charge in [0.1, 0.15) is 0 Å². The molecule has 2 N–H and O–H groups in total. The van der Waals surface area contributed by atoms with Gasteiger partial charge in [-0.05, 0) is 25.2 Å². The van der Waals surface area contributed by atoms with Crippen molar-refractivity contribution in [2.45, 2.75) is 52.4 Å². The van der Waals surface area contributed by atoms with Crippen LogP contribution in [0.2, 0.25) is 0 Å². The van der Waals surface area contributed by atoms with E-state index in [1.807, 2.05) is 0 Å². The summed E-state index contributed by atoms with van der Waals surface area (Å²) in [6, 6.07) is 0. The Hall–Kier alpha value is -0.530. The van der Waals surface area contributed by atoms with E-state index in [-0.39, 0.29) is 29.9 Å². The van der Waals surface area contributed by atoms with Crippen molar-refractivity contribution in [1.82, 2.24) is 10.6 Å². The van der Waals surface area contributed by atoms with Gasteiger partial charge in [-0.2, -0.15) is 0 Å². The Morgan fingerprint density at radius 2 is 1.71 bits per heavy atom. The van der Waals surface area contributed by atoms with E-state index < -0.39 is 0 Å². The number of unbranched alkanes of at least 4 members (excludes halogenated alkanes) is 3. The van der Waals surface area contributed by atoms with Gasteiger partial charge in [-0.3, -0.25) is 9.79 Å². The Morgan fingerprint density at radius 1 is 1.10 bits per heavy atom. The first-order valence-corrected chi connectivity index (χ1v) is 7.61. The Morgan fingerprint density at radius 3 is 2.29 bits per heavy atom. The standard InChI is InChI=1S/C15H31N3O2.HI/c1-13(2)10-12-18-15(16-3)17-11-8-6-5-7-9-14(19)20-4;/h13H,5-12H2,1-4H3,(H2,16,17,18);1H. The van der Waals surface area contributed by atoms with Crippen molar-refractivity contribution >= 4 is 35.9 Å². The van der Waals surface area contributed by atoms with Crippen molar-refractivity contribution in [2.75, 3.05) is 27.2 Å². The van der Waals surface area contributed by atoms with Crippen molar-refractivity contribution < 1.29 is 9.53 Å². The molecule has 0 amide bonds. The van der Waals surface area contributed by atoms with Crippen LogP contribution in [0.4, 0.5) is 0 Å². The monoisotopic (exact) mass is 413 g/mol. The molecule has 126 valence electrons. The minimum absolute atomic E-state index is 0. The van der Waals surface area contributed by atoms with Gasteiger partial charge in [-0.1, -0.05) is 26.7 Å². The molecular weight excluding hydrogens is 381 g/mol. The number of rotatable bonds is 10. The highest BCUT2D eigenvalue weighted by molar-refractivity contribution is 14.0. The van der Waals surface area contributed by atoms with Crippen LogP contribution in [-0.4, -0.2) is 39.2 Å². The minimum Gasteiger partial charge on any atom is -0.469 e. The molecule has 0 aromatic heterocycles. The summed E-state index contributed by atoms with van der Waals surface area (Å²) in [4.78, 5) is 15.1. The number of halogens is 1. The van der Waals surface area contributed by atoms with Crippen molar-refractivity contribution in [2.24, 2.45) is 10.9 Å². The minimum atomic E-state index is -0.113. The third-order valence-electron chi connectivity index (χ3n) is 3.07. The van der Waals surface area contributed by atoms with Crippen molar-refractivity contribution in [3.05, 3.63) is 0 Å². The van der Waals surface area contributed by atoms with E-state index in [4.69, 9.17) is 0 Å². The van der Waals surface area contributed by atoms with Gasteiger partial charge < -0.3 is 15.4 Å². The molecule has 0 saturated carbocycles. The van der Waals surface area contributed by atoms with Gasteiger partial charge in [-0.15, -0.1) is 24.0 Å². The number of hydrogen-bond donors (Lipinski definition) is 2. The van der Waals surface area contributed by atoms with Gasteiger partial charge in [0.2, 0.25) is 0 Å². The molecule has 0 aromatic carbocycles. The van der Waals surface area contributed by atoms with Crippen LogP contribution in [0.25, 0.3) is 0 Å². The second kappa shape index (κ2) is 15.9. The van der Waals surface area contributed by atoms with Gasteiger partial charge >= 0.3 is 5.97 Å². The zero-order chi connectivity index (χ0) is 15.2. The molecule has 5 nitrogen and oxygen atoms in total. The summed E-state index contributed by atoms with van der Waals surface area (Å²) >= 11 is 0. The maximum absolute atomic E-state index is 10.9. The number of ether oxygens (including phenoxy) is 1. The molecule has 0 saturated heterocycles. The average molecular weight is 413 g/mol. The van der Waals surface area contributed by atoms with Crippen LogP contribution in [0.3, 0.4) is 0 Å². The fourth-order valence-electron chi connectivity index (χ4n) is 1.76. The largest absolute Gasteiger partial charge is 0.469 e. The third-order valence-corrected chi connectivity index (χ3v) is 3.07. The van der Waals surface area contributed by atoms with E-state index in [0.29, 0.717) is 12.3 Å². The first-order chi connectivity index (χ1) is 9.60. The van der Waals surface area contributed by atoms with Crippen LogP contribution < -0.4 is 10.6 Å². The Labute approximate surface area is 146 Å². The molecule has 0 bridgehead atoms. The number of guanidine groups is 1. The lowest BCUT2D eigenvalue weighted by molar-refractivity contribution is -0.140. The van der Waals surface area contributed by atoms with Crippen LogP contribution in [0.15, 0.2) is 4.99 Å². The van der Waals surface area contributed by atoms with E-state index in [1.54, 1.807) is 7.05 Å². The SMILES string of the molecule is CN=C(NCCCCCCC(=O)OC)NCCC(C)C.I. The lowest BCUT2D eigenvalue weighted by Crippen LogP contribution is -2.38. The molecule has 0 heterocycles. The summed E-state index contributed by atoms with van der Waals surface area (Å²) in [6.07, 6.45) is 5.86. The van der Waals surface area contributed by atoms with Gasteiger partial charge in [-0.25, -0.2) is 0 Å². The molecular formula is C15H32IN3O2. The first-order valence-electron chi connectivity index (χ1n) is 7.61. The lowest BCUT2D eigenvalue weighted by atomic mass is 10.1. The second-order valence-electron chi connectivity index (χ2n) is 5.35. The highest BCUT2D eigenvalue weighted by atomic mass is 127. The number of nitrogens with one attached hydrogen (secondary N) is 2. The molecule has 0 spiro atoms. The third kappa shape index (κ3) is 15.7. The summed E-state index contributed by atoms with van der Waals surface area (Å²) in [7, 11) is 3.23. The summed E-state index contributed by atoms with van der Waals surface area (Å²) in [5, 5.41) is 6.60. The molecule has 0 aromatic rings. The Kier molecular flexibility index (Phi) is 17.2. The molecule has 0 aliphatic heterocycles. The molecule has 6 heteroatoms. The fourth-order valence-corrected chi connectivity index (χ4v) is 1.76. The molecule has 0 radical (unpaired) electrons. The number of nitrogens with zero attached hydrogens (tertiary/aromatic N) is 1. The quantitative estimate of drug-likeness (QED) is 0.190. The van der Waals surface area contributed by atoms with E-state index in [1.165, 1.54) is 7.11 Å². The van der Waals surface area contributed by atoms with Crippen molar-refractivity contribution in [3.8, 4) is 0 Å². The predicted octanol–water partition coefficient (Wildman–Crippen LogP) is 2.94. The number of carbonyl (C=O) groups is 1. The van der Waals surface area contributed by atoms with E-state index in [9.17, 15) is 4.79 Å². The summed E-state index contributed by atoms with van der Waals surface area (Å²) < 4.78 is 4.60. The van der Waals surface area contributed by atoms with Gasteiger partial charge in [0.05, 0.1) is 7.11 Å². The number of hydrogen-bond acceptors (Lipinski definition) is 3. The number of carbonyl (C=O) groups excluding carboxylic acids is 1. The molecule has 0 atom stereocenters. The average Bonchev–Trinajstić information content (AvgIpc) is 2.43. The summed E-state index contributed by atoms with van der Waals surface area (Å²) in [6.45, 7) is 6.30. The predicted molar refractivity (Wildman–Crippen MR) is 99.3 cm³/mol. The molecule has 0 aliphatic rings. The molecule has 0 aliphatic carbocycles. The van der Waals surface area contributed by atoms with Crippen LogP contribution in [-0.2, 0) is 9.53 Å². The van der Waals surface area contributed by atoms with Crippen molar-refractivity contribution in [3.63, 3.8) is 0 Å². The zero-order valence-corrected chi connectivity index (χ0v) is 16.2. The highest BCUT2D eigenvalue weighted by Gasteiger charge is 2.00. The van der Waals surface area contributed by atoms with E-state index in [2.05, 4.69) is 34.2 Å². The molecule has 0 fully saturated rings. The normalized spacial score (nSPS) is 11.0. The van der Waals surface area contributed by atoms with E-state index >= 15 is 0 Å². The number of esters is 1. The maximum Gasteiger partial charge on any atom is 0.305 e. The fraction of sp³-hybridized carbons (Fsp3) is 0.867. The van der Waals surface area contributed by atoms with Gasteiger partial charge in [0.25, 0.3) is 0 Å². The number of aliphatic imine (C=N–C) groups is 1. The van der Waals surface area contributed by atoms with E-state index in [0.717, 1.165) is 51.2 Å². The topological polar surface area (TPSA) is 62.7 Å². The summed E-state index contributed by atoms with van der Waals surface area (Å²) in [5.74, 6) is 1.47. The van der Waals surface area contributed by atoms with Gasteiger partial charge in [0.15, 0.2) is 5.96 Å². The Balaban J connectivity index is 0. The maximum atomic E-state index is 10.9. The van der Waals surface area contributed by atoms with Gasteiger partial charge in [0, 0.05) is 26.6 Å². The molecule has 21 heavy (non-hydrogen) atoms. The molecule has 0 rings (SSSR count). The van der Waals surface area contributed by atoms with Crippen LogP contribution in [0.5, 0.6) is 0 Å². The van der Waals surface area contributed by atoms with Crippen molar-refractivity contribution in [1.29, 1.82) is 0 Å². The second-order valence-corrected chi connectivity index (χ2v) is 5.35. The number of methoxy groups -OCH3 is 1. The first kappa shape index (κ1) is 22.7. The highest BCUT2D eigenvalue weighted by Crippen LogP contribution is 2.03.